The highest BCUT2D eigenvalue weighted by atomic mass is 19.1. The van der Waals surface area contributed by atoms with Crippen LogP contribution in [0.5, 0.6) is 0 Å². The molecular weight excluding hydrogens is 191 g/mol. The number of rotatable bonds is 1. The van der Waals surface area contributed by atoms with Gasteiger partial charge in [-0.3, -0.25) is 0 Å². The third-order valence-electron chi connectivity index (χ3n) is 2.50. The number of aromatic nitrogens is 1. The number of benzene rings is 1. The standard InChI is InChI=1S/C12H13FN2/c1-8-3-4-9(2)15(8)12-7-10(13)5-6-11(12)14/h3-7H,14H2,1-2H3. The Morgan fingerprint density at radius 3 is 2.27 bits per heavy atom. The highest BCUT2D eigenvalue weighted by Crippen LogP contribution is 2.22. The summed E-state index contributed by atoms with van der Waals surface area (Å²) in [6.45, 7) is 3.94. The van der Waals surface area contributed by atoms with Crippen molar-refractivity contribution in [3.05, 3.63) is 47.5 Å². The first-order valence-electron chi connectivity index (χ1n) is 4.80. The summed E-state index contributed by atoms with van der Waals surface area (Å²) >= 11 is 0. The quantitative estimate of drug-likeness (QED) is 0.711. The third-order valence-corrected chi connectivity index (χ3v) is 2.50. The zero-order valence-corrected chi connectivity index (χ0v) is 8.79. The summed E-state index contributed by atoms with van der Waals surface area (Å²) in [7, 11) is 0. The molecule has 0 aliphatic carbocycles. The molecule has 0 atom stereocenters. The van der Waals surface area contributed by atoms with E-state index in [1.54, 1.807) is 6.07 Å². The average Bonchev–Trinajstić information content (AvgIpc) is 2.51. The first-order chi connectivity index (χ1) is 7.09. The van der Waals surface area contributed by atoms with E-state index in [-0.39, 0.29) is 5.82 Å². The van der Waals surface area contributed by atoms with Crippen molar-refractivity contribution >= 4 is 5.69 Å². The molecule has 2 N–H and O–H groups in total. The summed E-state index contributed by atoms with van der Waals surface area (Å²) in [5, 5.41) is 0. The number of nitrogens with two attached hydrogens (primary N) is 1. The van der Waals surface area contributed by atoms with Crippen molar-refractivity contribution < 1.29 is 4.39 Å². The van der Waals surface area contributed by atoms with E-state index in [9.17, 15) is 4.39 Å². The number of halogens is 1. The Labute approximate surface area is 88.1 Å². The second-order valence-electron chi connectivity index (χ2n) is 3.65. The Kier molecular flexibility index (Phi) is 2.23. The number of hydrogen-bond acceptors (Lipinski definition) is 1. The van der Waals surface area contributed by atoms with Gasteiger partial charge in [0.1, 0.15) is 5.82 Å². The first kappa shape index (κ1) is 9.77. The van der Waals surface area contributed by atoms with Crippen molar-refractivity contribution in [3.63, 3.8) is 0 Å². The fourth-order valence-corrected chi connectivity index (χ4v) is 1.76. The molecule has 0 aliphatic heterocycles. The molecule has 1 aromatic carbocycles. The zero-order valence-electron chi connectivity index (χ0n) is 8.79. The second-order valence-corrected chi connectivity index (χ2v) is 3.65. The maximum absolute atomic E-state index is 13.1. The maximum Gasteiger partial charge on any atom is 0.125 e. The number of aryl methyl sites for hydroxylation is 2. The van der Waals surface area contributed by atoms with E-state index in [4.69, 9.17) is 5.73 Å². The lowest BCUT2D eigenvalue weighted by Gasteiger charge is -2.12. The largest absolute Gasteiger partial charge is 0.397 e. The smallest absolute Gasteiger partial charge is 0.125 e. The fraction of sp³-hybridized carbons (Fsp3) is 0.167. The molecule has 0 radical (unpaired) electrons. The Morgan fingerprint density at radius 1 is 1.07 bits per heavy atom. The van der Waals surface area contributed by atoms with Gasteiger partial charge in [-0.2, -0.15) is 0 Å². The lowest BCUT2D eigenvalue weighted by molar-refractivity contribution is 0.626. The van der Waals surface area contributed by atoms with Gasteiger partial charge in [0.25, 0.3) is 0 Å². The molecule has 0 spiro atoms. The van der Waals surface area contributed by atoms with Gasteiger partial charge in [-0.1, -0.05) is 0 Å². The van der Waals surface area contributed by atoms with Gasteiger partial charge in [-0.15, -0.1) is 0 Å². The van der Waals surface area contributed by atoms with Crippen LogP contribution < -0.4 is 5.73 Å². The van der Waals surface area contributed by atoms with Crippen molar-refractivity contribution in [2.24, 2.45) is 0 Å². The van der Waals surface area contributed by atoms with Crippen LogP contribution in [0, 0.1) is 19.7 Å². The summed E-state index contributed by atoms with van der Waals surface area (Å²) in [6.07, 6.45) is 0. The van der Waals surface area contributed by atoms with Gasteiger partial charge in [0.05, 0.1) is 11.4 Å². The highest BCUT2D eigenvalue weighted by molar-refractivity contribution is 5.59. The molecular formula is C12H13FN2. The number of nitrogen functional groups attached to an aromatic ring is 1. The van der Waals surface area contributed by atoms with E-state index >= 15 is 0 Å². The van der Waals surface area contributed by atoms with Crippen LogP contribution in [-0.2, 0) is 0 Å². The third kappa shape index (κ3) is 1.61. The molecule has 0 fully saturated rings. The molecule has 0 unspecified atom stereocenters. The second kappa shape index (κ2) is 3.42. The molecule has 2 rings (SSSR count). The van der Waals surface area contributed by atoms with E-state index in [0.717, 1.165) is 11.4 Å². The normalized spacial score (nSPS) is 10.6. The SMILES string of the molecule is Cc1ccc(C)n1-c1cc(F)ccc1N. The average molecular weight is 204 g/mol. The molecule has 78 valence electrons. The summed E-state index contributed by atoms with van der Waals surface area (Å²) in [5.74, 6) is -0.272. The summed E-state index contributed by atoms with van der Waals surface area (Å²) < 4.78 is 15.1. The molecule has 15 heavy (non-hydrogen) atoms. The molecule has 0 saturated carbocycles. The summed E-state index contributed by atoms with van der Waals surface area (Å²) in [6, 6.07) is 8.38. The predicted octanol–water partition coefficient (Wildman–Crippen LogP) is 2.82. The van der Waals surface area contributed by atoms with Crippen LogP contribution in [-0.4, -0.2) is 4.57 Å². The Morgan fingerprint density at radius 2 is 1.67 bits per heavy atom. The molecule has 1 aromatic heterocycles. The van der Waals surface area contributed by atoms with E-state index < -0.39 is 0 Å². The summed E-state index contributed by atoms with van der Waals surface area (Å²) in [5.41, 5.74) is 9.21. The van der Waals surface area contributed by atoms with Crippen molar-refractivity contribution in [3.8, 4) is 5.69 Å². The topological polar surface area (TPSA) is 30.9 Å². The lowest BCUT2D eigenvalue weighted by atomic mass is 10.2. The Hall–Kier alpha value is -1.77. The molecule has 0 aliphatic rings. The van der Waals surface area contributed by atoms with Gasteiger partial charge in [-0.25, -0.2) is 4.39 Å². The minimum absolute atomic E-state index is 0.272. The molecule has 2 nitrogen and oxygen atoms in total. The molecule has 0 bridgehead atoms. The number of hydrogen-bond donors (Lipinski definition) is 1. The van der Waals surface area contributed by atoms with Gasteiger partial charge >= 0.3 is 0 Å². The number of anilines is 1. The molecule has 0 saturated heterocycles. The van der Waals surface area contributed by atoms with Gasteiger partial charge in [0.2, 0.25) is 0 Å². The number of nitrogens with zero attached hydrogens (tertiary/aromatic N) is 1. The van der Waals surface area contributed by atoms with Crippen LogP contribution in [0.1, 0.15) is 11.4 Å². The van der Waals surface area contributed by atoms with Crippen LogP contribution in [0.2, 0.25) is 0 Å². The fourth-order valence-electron chi connectivity index (χ4n) is 1.76. The highest BCUT2D eigenvalue weighted by Gasteiger charge is 2.07. The zero-order chi connectivity index (χ0) is 11.0. The minimum Gasteiger partial charge on any atom is -0.397 e. The van der Waals surface area contributed by atoms with Crippen LogP contribution in [0.15, 0.2) is 30.3 Å². The summed E-state index contributed by atoms with van der Waals surface area (Å²) in [4.78, 5) is 0. The van der Waals surface area contributed by atoms with Crippen LogP contribution >= 0.6 is 0 Å². The molecule has 3 heteroatoms. The van der Waals surface area contributed by atoms with E-state index in [1.165, 1.54) is 12.1 Å². The van der Waals surface area contributed by atoms with Crippen LogP contribution in [0.3, 0.4) is 0 Å². The Balaban J connectivity index is 2.68. The van der Waals surface area contributed by atoms with Crippen molar-refractivity contribution in [1.82, 2.24) is 4.57 Å². The van der Waals surface area contributed by atoms with Gasteiger partial charge in [-0.05, 0) is 44.2 Å². The molecule has 2 aromatic rings. The van der Waals surface area contributed by atoms with E-state index in [2.05, 4.69) is 0 Å². The van der Waals surface area contributed by atoms with E-state index in [1.807, 2.05) is 30.5 Å². The van der Waals surface area contributed by atoms with Gasteiger partial charge < -0.3 is 10.3 Å². The van der Waals surface area contributed by atoms with Gasteiger partial charge in [0.15, 0.2) is 0 Å². The van der Waals surface area contributed by atoms with Gasteiger partial charge in [0, 0.05) is 11.4 Å². The molecule has 0 amide bonds. The lowest BCUT2D eigenvalue weighted by Crippen LogP contribution is -2.03. The first-order valence-corrected chi connectivity index (χ1v) is 4.80. The van der Waals surface area contributed by atoms with Crippen molar-refractivity contribution in [2.75, 3.05) is 5.73 Å². The van der Waals surface area contributed by atoms with Crippen LogP contribution in [0.25, 0.3) is 5.69 Å². The van der Waals surface area contributed by atoms with Crippen molar-refractivity contribution in [2.45, 2.75) is 13.8 Å². The van der Waals surface area contributed by atoms with E-state index in [0.29, 0.717) is 11.4 Å². The van der Waals surface area contributed by atoms with Crippen LogP contribution in [0.4, 0.5) is 10.1 Å². The minimum atomic E-state index is -0.272. The maximum atomic E-state index is 13.1. The monoisotopic (exact) mass is 204 g/mol. The van der Waals surface area contributed by atoms with Crippen molar-refractivity contribution in [1.29, 1.82) is 0 Å². The predicted molar refractivity (Wildman–Crippen MR) is 59.6 cm³/mol. The Bertz CT molecular complexity index is 481. The molecule has 1 heterocycles.